The lowest BCUT2D eigenvalue weighted by Gasteiger charge is -2.40. The maximum atomic E-state index is 12.6. The van der Waals surface area contributed by atoms with Crippen LogP contribution in [0, 0.1) is 34.5 Å². The molecule has 4 bridgehead atoms. The summed E-state index contributed by atoms with van der Waals surface area (Å²) in [5.41, 5.74) is 1.47. The van der Waals surface area contributed by atoms with Gasteiger partial charge in [-0.05, 0) is 55.8 Å². The predicted molar refractivity (Wildman–Crippen MR) is 79.9 cm³/mol. The summed E-state index contributed by atoms with van der Waals surface area (Å²) >= 11 is 0. The minimum Gasteiger partial charge on any atom is -0.459 e. The monoisotopic (exact) mass is 300 g/mol. The first kappa shape index (κ1) is 12.6. The predicted octanol–water partition coefficient (Wildman–Crippen LogP) is 3.09. The van der Waals surface area contributed by atoms with Crippen LogP contribution in [0.2, 0.25) is 0 Å². The summed E-state index contributed by atoms with van der Waals surface area (Å²) < 4.78 is 12.2. The number of rotatable bonds is 0. The Bertz CT molecular complexity index is 641. The average molecular weight is 300 g/mol. The minimum absolute atomic E-state index is 0.0263. The van der Waals surface area contributed by atoms with Crippen LogP contribution >= 0.6 is 0 Å². The van der Waals surface area contributed by atoms with Gasteiger partial charge >= 0.3 is 5.97 Å². The number of carbonyl (C=O) groups excluding carboxylic acids is 1. The Balaban J connectivity index is 1.56. The van der Waals surface area contributed by atoms with Crippen molar-refractivity contribution in [3.05, 3.63) is 12.2 Å². The van der Waals surface area contributed by atoms with E-state index in [9.17, 15) is 4.79 Å². The molecule has 0 N–H and O–H groups in total. The number of carbonyl (C=O) groups is 1. The Labute approximate surface area is 131 Å². The minimum atomic E-state index is -0.317. The second-order valence-corrected chi connectivity index (χ2v) is 9.32. The second-order valence-electron chi connectivity index (χ2n) is 9.32. The van der Waals surface area contributed by atoms with Crippen molar-refractivity contribution in [2.45, 2.75) is 63.8 Å². The second kappa shape index (κ2) is 3.19. The van der Waals surface area contributed by atoms with Crippen LogP contribution in [-0.2, 0) is 14.3 Å². The van der Waals surface area contributed by atoms with Crippen LogP contribution < -0.4 is 0 Å². The molecule has 0 aromatic carbocycles. The SMILES string of the molecule is C=C1C[C@]23C[C@H]1CCC2C12OC1C1CC(C)(C(=O)O1)C2[C@@H]3C. The van der Waals surface area contributed by atoms with Gasteiger partial charge in [0.15, 0.2) is 0 Å². The highest BCUT2D eigenvalue weighted by atomic mass is 16.7. The molecule has 3 nitrogen and oxygen atoms in total. The van der Waals surface area contributed by atoms with Gasteiger partial charge in [0.05, 0.1) is 5.41 Å². The van der Waals surface area contributed by atoms with Crippen molar-refractivity contribution in [2.24, 2.45) is 34.5 Å². The summed E-state index contributed by atoms with van der Waals surface area (Å²) in [7, 11) is 0. The standard InChI is InChI=1S/C19H24O3/c1-9-6-18-7-11(9)4-5-13(18)19-14(10(18)2)17(3)8-12(15(19)22-19)21-16(17)20/h10-15H,1,4-8H2,2-3H3/t10-,11+,12?,13?,14?,15?,17?,18+,19?/m0/s1. The molecule has 0 amide bonds. The molecular formula is C19H24O3. The number of esters is 1. The highest BCUT2D eigenvalue weighted by molar-refractivity contribution is 5.81. The Morgan fingerprint density at radius 3 is 2.91 bits per heavy atom. The van der Waals surface area contributed by atoms with E-state index in [1.807, 2.05) is 0 Å². The number of hydrogen-bond donors (Lipinski definition) is 0. The maximum Gasteiger partial charge on any atom is 0.312 e. The summed E-state index contributed by atoms with van der Waals surface area (Å²) in [6.07, 6.45) is 6.10. The first-order valence-corrected chi connectivity index (χ1v) is 9.00. The lowest BCUT2D eigenvalue weighted by atomic mass is 9.61. The Kier molecular flexibility index (Phi) is 1.83. The Hall–Kier alpha value is -0.830. The summed E-state index contributed by atoms with van der Waals surface area (Å²) in [5.74, 6) is 2.29. The van der Waals surface area contributed by atoms with Gasteiger partial charge < -0.3 is 9.47 Å². The van der Waals surface area contributed by atoms with Gasteiger partial charge in [-0.25, -0.2) is 0 Å². The molecule has 4 saturated carbocycles. The fourth-order valence-electron chi connectivity index (χ4n) is 8.12. The fraction of sp³-hybridized carbons (Fsp3) is 0.842. The molecule has 6 aliphatic rings. The first-order valence-electron chi connectivity index (χ1n) is 9.00. The van der Waals surface area contributed by atoms with Crippen LogP contribution in [0.5, 0.6) is 0 Å². The lowest BCUT2D eigenvalue weighted by Crippen LogP contribution is -2.47. The molecule has 4 aliphatic carbocycles. The zero-order valence-electron chi connectivity index (χ0n) is 13.4. The number of ether oxygens (including phenoxy) is 2. The number of allylic oxidation sites excluding steroid dienone is 1. The van der Waals surface area contributed by atoms with Crippen molar-refractivity contribution in [3.8, 4) is 0 Å². The molecule has 22 heavy (non-hydrogen) atoms. The largest absolute Gasteiger partial charge is 0.459 e. The van der Waals surface area contributed by atoms with Gasteiger partial charge in [-0.15, -0.1) is 0 Å². The van der Waals surface area contributed by atoms with E-state index in [-0.39, 0.29) is 29.2 Å². The topological polar surface area (TPSA) is 38.8 Å². The third kappa shape index (κ3) is 0.985. The van der Waals surface area contributed by atoms with E-state index in [0.717, 1.165) is 12.3 Å². The summed E-state index contributed by atoms with van der Waals surface area (Å²) in [6.45, 7) is 8.95. The zero-order valence-corrected chi connectivity index (χ0v) is 13.4. The lowest BCUT2D eigenvalue weighted by molar-refractivity contribution is -0.152. The maximum absolute atomic E-state index is 12.6. The van der Waals surface area contributed by atoms with E-state index in [2.05, 4.69) is 20.4 Å². The van der Waals surface area contributed by atoms with Crippen molar-refractivity contribution in [1.82, 2.24) is 0 Å². The molecule has 2 saturated heterocycles. The molecule has 6 rings (SSSR count). The highest BCUT2D eigenvalue weighted by Gasteiger charge is 2.87. The van der Waals surface area contributed by atoms with Crippen molar-refractivity contribution in [1.29, 1.82) is 0 Å². The molecule has 0 aromatic rings. The summed E-state index contributed by atoms with van der Waals surface area (Å²) in [6, 6.07) is 0. The third-order valence-corrected chi connectivity index (χ3v) is 8.79. The van der Waals surface area contributed by atoms with Gasteiger partial charge in [-0.1, -0.05) is 19.1 Å². The molecule has 0 radical (unpaired) electrons. The van der Waals surface area contributed by atoms with Crippen LogP contribution in [0.1, 0.15) is 46.0 Å². The number of hydrogen-bond acceptors (Lipinski definition) is 3. The molecule has 2 aliphatic heterocycles. The highest BCUT2D eigenvalue weighted by Crippen LogP contribution is 2.81. The fourth-order valence-corrected chi connectivity index (χ4v) is 8.12. The quantitative estimate of drug-likeness (QED) is 0.392. The smallest absolute Gasteiger partial charge is 0.312 e. The van der Waals surface area contributed by atoms with E-state index in [0.29, 0.717) is 23.2 Å². The van der Waals surface area contributed by atoms with E-state index >= 15 is 0 Å². The molecule has 3 heteroatoms. The van der Waals surface area contributed by atoms with Gasteiger partial charge in [-0.2, -0.15) is 0 Å². The number of fused-ring (bicyclic) bond motifs is 5. The Morgan fingerprint density at radius 2 is 2.09 bits per heavy atom. The van der Waals surface area contributed by atoms with Crippen molar-refractivity contribution < 1.29 is 14.3 Å². The van der Waals surface area contributed by atoms with Crippen LogP contribution in [0.15, 0.2) is 12.2 Å². The van der Waals surface area contributed by atoms with Crippen LogP contribution in [0.4, 0.5) is 0 Å². The van der Waals surface area contributed by atoms with Crippen molar-refractivity contribution in [2.75, 3.05) is 0 Å². The molecule has 2 heterocycles. The first-order chi connectivity index (χ1) is 10.4. The normalized spacial score (nSPS) is 66.6. The average Bonchev–Trinajstić information content (AvgIpc) is 3.01. The van der Waals surface area contributed by atoms with E-state index in [1.54, 1.807) is 0 Å². The zero-order chi connectivity index (χ0) is 15.1. The van der Waals surface area contributed by atoms with E-state index in [1.165, 1.54) is 31.3 Å². The van der Waals surface area contributed by atoms with E-state index in [4.69, 9.17) is 9.47 Å². The molecular weight excluding hydrogens is 276 g/mol. The van der Waals surface area contributed by atoms with Crippen molar-refractivity contribution >= 4 is 5.97 Å². The van der Waals surface area contributed by atoms with Gasteiger partial charge in [0.2, 0.25) is 0 Å². The Morgan fingerprint density at radius 1 is 1.27 bits per heavy atom. The molecule has 9 atom stereocenters. The van der Waals surface area contributed by atoms with Gasteiger partial charge in [0, 0.05) is 12.3 Å². The molecule has 6 unspecified atom stereocenters. The van der Waals surface area contributed by atoms with Gasteiger partial charge in [0.25, 0.3) is 0 Å². The van der Waals surface area contributed by atoms with Crippen LogP contribution in [0.3, 0.4) is 0 Å². The van der Waals surface area contributed by atoms with Crippen LogP contribution in [-0.4, -0.2) is 23.8 Å². The number of epoxide rings is 1. The molecule has 6 fully saturated rings. The van der Waals surface area contributed by atoms with Gasteiger partial charge in [0.1, 0.15) is 17.8 Å². The molecule has 2 spiro atoms. The van der Waals surface area contributed by atoms with Crippen LogP contribution in [0.25, 0.3) is 0 Å². The molecule has 118 valence electrons. The third-order valence-electron chi connectivity index (χ3n) is 8.79. The van der Waals surface area contributed by atoms with Gasteiger partial charge in [-0.3, -0.25) is 4.79 Å². The van der Waals surface area contributed by atoms with Crippen molar-refractivity contribution in [3.63, 3.8) is 0 Å². The molecule has 0 aromatic heterocycles. The van der Waals surface area contributed by atoms with E-state index < -0.39 is 0 Å². The summed E-state index contributed by atoms with van der Waals surface area (Å²) in [5, 5.41) is 0. The summed E-state index contributed by atoms with van der Waals surface area (Å²) in [4.78, 5) is 12.6.